The number of hydrogen-bond donors (Lipinski definition) is 1. The average Bonchev–Trinajstić information content (AvgIpc) is 3.21. The summed E-state index contributed by atoms with van der Waals surface area (Å²) in [5, 5.41) is 8.49. The summed E-state index contributed by atoms with van der Waals surface area (Å²) >= 11 is 0. The minimum absolute atomic E-state index is 0.819. The standard InChI is InChI=1S/C21H23N3O/c1-14-7-8-15(2)20(11-14)24-21-18(9-10-22-21)19(23-24)13-16-5-4-6-17(12-16)25-3/h4-8,11-12,22H,9-10,13H2,1-3H3. The maximum Gasteiger partial charge on any atom is 0.133 e. The first kappa shape index (κ1) is 15.8. The molecule has 1 aromatic heterocycles. The molecule has 128 valence electrons. The Morgan fingerprint density at radius 2 is 2.04 bits per heavy atom. The molecule has 0 aliphatic carbocycles. The van der Waals surface area contributed by atoms with Crippen molar-refractivity contribution in [2.45, 2.75) is 26.7 Å². The highest BCUT2D eigenvalue weighted by molar-refractivity contribution is 5.59. The van der Waals surface area contributed by atoms with Gasteiger partial charge in [-0.25, -0.2) is 4.68 Å². The van der Waals surface area contributed by atoms with E-state index in [1.54, 1.807) is 7.11 Å². The van der Waals surface area contributed by atoms with E-state index in [-0.39, 0.29) is 0 Å². The molecule has 1 aliphatic rings. The second kappa shape index (κ2) is 6.28. The number of aromatic nitrogens is 2. The van der Waals surface area contributed by atoms with Gasteiger partial charge in [-0.3, -0.25) is 0 Å². The molecule has 1 N–H and O–H groups in total. The predicted molar refractivity (Wildman–Crippen MR) is 101 cm³/mol. The van der Waals surface area contributed by atoms with Gasteiger partial charge >= 0.3 is 0 Å². The lowest BCUT2D eigenvalue weighted by atomic mass is 10.1. The second-order valence-electron chi connectivity index (χ2n) is 6.68. The van der Waals surface area contributed by atoms with Crippen LogP contribution in [0.1, 0.15) is 27.9 Å². The molecule has 2 aromatic carbocycles. The molecule has 0 unspecified atom stereocenters. The molecule has 0 bridgehead atoms. The van der Waals surface area contributed by atoms with Gasteiger partial charge in [0, 0.05) is 18.5 Å². The smallest absolute Gasteiger partial charge is 0.133 e. The van der Waals surface area contributed by atoms with Gasteiger partial charge in [-0.15, -0.1) is 0 Å². The lowest BCUT2D eigenvalue weighted by Crippen LogP contribution is -2.06. The van der Waals surface area contributed by atoms with E-state index in [1.807, 2.05) is 12.1 Å². The van der Waals surface area contributed by atoms with Gasteiger partial charge in [0.1, 0.15) is 11.6 Å². The van der Waals surface area contributed by atoms with Gasteiger partial charge in [-0.1, -0.05) is 24.3 Å². The van der Waals surface area contributed by atoms with Crippen molar-refractivity contribution in [3.8, 4) is 11.4 Å². The van der Waals surface area contributed by atoms with Gasteiger partial charge in [0.2, 0.25) is 0 Å². The number of nitrogens with zero attached hydrogens (tertiary/aromatic N) is 2. The van der Waals surface area contributed by atoms with E-state index in [1.165, 1.54) is 22.3 Å². The number of aryl methyl sites for hydroxylation is 2. The molecular weight excluding hydrogens is 310 g/mol. The normalized spacial score (nSPS) is 12.8. The van der Waals surface area contributed by atoms with Crippen molar-refractivity contribution in [2.75, 3.05) is 19.0 Å². The SMILES string of the molecule is COc1cccc(Cc2nn(-c3cc(C)ccc3C)c3c2CCN3)c1. The van der Waals surface area contributed by atoms with Crippen LogP contribution in [-0.4, -0.2) is 23.4 Å². The Hall–Kier alpha value is -2.75. The summed E-state index contributed by atoms with van der Waals surface area (Å²) in [5.74, 6) is 2.04. The zero-order valence-corrected chi connectivity index (χ0v) is 15.0. The first-order valence-electron chi connectivity index (χ1n) is 8.71. The quantitative estimate of drug-likeness (QED) is 0.783. The zero-order chi connectivity index (χ0) is 17.4. The largest absolute Gasteiger partial charge is 0.497 e. The number of rotatable bonds is 4. The summed E-state index contributed by atoms with van der Waals surface area (Å²) < 4.78 is 7.43. The van der Waals surface area contributed by atoms with Crippen molar-refractivity contribution in [3.63, 3.8) is 0 Å². The lowest BCUT2D eigenvalue weighted by molar-refractivity contribution is 0.414. The summed E-state index contributed by atoms with van der Waals surface area (Å²) in [5.41, 5.74) is 7.34. The van der Waals surface area contributed by atoms with Crippen LogP contribution in [-0.2, 0) is 12.8 Å². The third-order valence-corrected chi connectivity index (χ3v) is 4.83. The number of ether oxygens (including phenoxy) is 1. The molecule has 0 spiro atoms. The molecular formula is C21H23N3O. The molecule has 2 heterocycles. The van der Waals surface area contributed by atoms with Crippen molar-refractivity contribution >= 4 is 5.82 Å². The fourth-order valence-corrected chi connectivity index (χ4v) is 3.49. The highest BCUT2D eigenvalue weighted by Crippen LogP contribution is 2.31. The summed E-state index contributed by atoms with van der Waals surface area (Å²) in [6.07, 6.45) is 1.85. The summed E-state index contributed by atoms with van der Waals surface area (Å²) in [7, 11) is 1.70. The molecule has 1 aliphatic heterocycles. The van der Waals surface area contributed by atoms with Crippen LogP contribution in [0.15, 0.2) is 42.5 Å². The van der Waals surface area contributed by atoms with E-state index in [2.05, 4.69) is 54.2 Å². The maximum absolute atomic E-state index is 5.35. The van der Waals surface area contributed by atoms with Gasteiger partial charge < -0.3 is 10.1 Å². The van der Waals surface area contributed by atoms with E-state index < -0.39 is 0 Å². The summed E-state index contributed by atoms with van der Waals surface area (Å²) in [4.78, 5) is 0. The van der Waals surface area contributed by atoms with E-state index in [0.717, 1.165) is 42.3 Å². The summed E-state index contributed by atoms with van der Waals surface area (Å²) in [6.45, 7) is 5.24. The van der Waals surface area contributed by atoms with Crippen molar-refractivity contribution in [3.05, 3.63) is 70.4 Å². The first-order valence-corrected chi connectivity index (χ1v) is 8.71. The Kier molecular flexibility index (Phi) is 3.96. The molecule has 25 heavy (non-hydrogen) atoms. The van der Waals surface area contributed by atoms with Gasteiger partial charge in [-0.2, -0.15) is 5.10 Å². The van der Waals surface area contributed by atoms with Crippen molar-refractivity contribution in [1.29, 1.82) is 0 Å². The molecule has 0 saturated heterocycles. The van der Waals surface area contributed by atoms with E-state index in [4.69, 9.17) is 9.84 Å². The van der Waals surface area contributed by atoms with E-state index >= 15 is 0 Å². The van der Waals surface area contributed by atoms with Crippen molar-refractivity contribution < 1.29 is 4.74 Å². The number of benzene rings is 2. The third kappa shape index (κ3) is 2.88. The molecule has 4 nitrogen and oxygen atoms in total. The molecule has 0 saturated carbocycles. The van der Waals surface area contributed by atoms with Gasteiger partial charge in [0.15, 0.2) is 0 Å². The highest BCUT2D eigenvalue weighted by Gasteiger charge is 2.23. The van der Waals surface area contributed by atoms with Crippen LogP contribution in [0.25, 0.3) is 5.69 Å². The first-order chi connectivity index (χ1) is 12.2. The Labute approximate surface area is 148 Å². The van der Waals surface area contributed by atoms with Crippen LogP contribution in [0.5, 0.6) is 5.75 Å². The number of anilines is 1. The molecule has 0 atom stereocenters. The zero-order valence-electron chi connectivity index (χ0n) is 15.0. The van der Waals surface area contributed by atoms with E-state index in [0.29, 0.717) is 0 Å². The highest BCUT2D eigenvalue weighted by atomic mass is 16.5. The third-order valence-electron chi connectivity index (χ3n) is 4.83. The minimum atomic E-state index is 0.819. The fraction of sp³-hybridized carbons (Fsp3) is 0.286. The second-order valence-corrected chi connectivity index (χ2v) is 6.68. The maximum atomic E-state index is 5.35. The molecule has 0 fully saturated rings. The molecule has 4 heteroatoms. The monoisotopic (exact) mass is 333 g/mol. The Bertz CT molecular complexity index is 927. The number of hydrogen-bond acceptors (Lipinski definition) is 3. The molecule has 4 rings (SSSR count). The number of fused-ring (bicyclic) bond motifs is 1. The lowest BCUT2D eigenvalue weighted by Gasteiger charge is -2.10. The van der Waals surface area contributed by atoms with Crippen molar-refractivity contribution in [2.24, 2.45) is 0 Å². The molecule has 3 aromatic rings. The average molecular weight is 333 g/mol. The van der Waals surface area contributed by atoms with Gasteiger partial charge in [0.25, 0.3) is 0 Å². The fourth-order valence-electron chi connectivity index (χ4n) is 3.49. The van der Waals surface area contributed by atoms with Crippen LogP contribution in [0.3, 0.4) is 0 Å². The van der Waals surface area contributed by atoms with Crippen LogP contribution in [0.2, 0.25) is 0 Å². The van der Waals surface area contributed by atoms with Crippen LogP contribution < -0.4 is 10.1 Å². The predicted octanol–water partition coefficient (Wildman–Crippen LogP) is 4.06. The molecule has 0 amide bonds. The topological polar surface area (TPSA) is 39.1 Å². The number of methoxy groups -OCH3 is 1. The Morgan fingerprint density at radius 3 is 2.88 bits per heavy atom. The van der Waals surface area contributed by atoms with Gasteiger partial charge in [0.05, 0.1) is 18.5 Å². The molecule has 0 radical (unpaired) electrons. The van der Waals surface area contributed by atoms with Crippen LogP contribution >= 0.6 is 0 Å². The number of nitrogens with one attached hydrogen (secondary N) is 1. The van der Waals surface area contributed by atoms with Crippen molar-refractivity contribution in [1.82, 2.24) is 9.78 Å². The van der Waals surface area contributed by atoms with Gasteiger partial charge in [-0.05, 0) is 55.2 Å². The Balaban J connectivity index is 1.76. The minimum Gasteiger partial charge on any atom is -0.497 e. The van der Waals surface area contributed by atoms with Crippen LogP contribution in [0, 0.1) is 13.8 Å². The summed E-state index contributed by atoms with van der Waals surface area (Å²) in [6, 6.07) is 14.7. The van der Waals surface area contributed by atoms with Crippen LogP contribution in [0.4, 0.5) is 5.82 Å². The van der Waals surface area contributed by atoms with E-state index in [9.17, 15) is 0 Å². The Morgan fingerprint density at radius 1 is 1.16 bits per heavy atom.